The lowest BCUT2D eigenvalue weighted by atomic mass is 10.2. The van der Waals surface area contributed by atoms with Crippen molar-refractivity contribution in [1.82, 2.24) is 5.43 Å². The molecule has 2 aromatic rings. The molecule has 24 heavy (non-hydrogen) atoms. The molecule has 0 bridgehead atoms. The number of hydrazone groups is 1. The van der Waals surface area contributed by atoms with Gasteiger partial charge < -0.3 is 9.64 Å². The second kappa shape index (κ2) is 8.49. The molecule has 1 unspecified atom stereocenters. The third-order valence-corrected chi connectivity index (χ3v) is 3.82. The van der Waals surface area contributed by atoms with Crippen LogP contribution in [0.3, 0.4) is 0 Å². The van der Waals surface area contributed by atoms with Crippen LogP contribution in [0.4, 0.5) is 5.69 Å². The summed E-state index contributed by atoms with van der Waals surface area (Å²) in [6.45, 7) is 1.68. The summed E-state index contributed by atoms with van der Waals surface area (Å²) in [5.41, 5.74) is 4.50. The minimum Gasteiger partial charge on any atom is -0.481 e. The molecule has 0 aromatic heterocycles. The van der Waals surface area contributed by atoms with E-state index >= 15 is 0 Å². The third-order valence-electron chi connectivity index (χ3n) is 3.29. The van der Waals surface area contributed by atoms with Crippen molar-refractivity contribution in [2.24, 2.45) is 5.10 Å². The number of carbonyl (C=O) groups is 1. The molecular weight excluding hydrogens is 370 g/mol. The van der Waals surface area contributed by atoms with E-state index in [0.717, 1.165) is 15.7 Å². The number of nitrogens with one attached hydrogen (secondary N) is 1. The lowest BCUT2D eigenvalue weighted by Gasteiger charge is -2.13. The van der Waals surface area contributed by atoms with Crippen LogP contribution in [-0.4, -0.2) is 32.3 Å². The van der Waals surface area contributed by atoms with Crippen molar-refractivity contribution < 1.29 is 9.53 Å². The number of halogens is 1. The second-order valence-electron chi connectivity index (χ2n) is 5.43. The SMILES string of the molecule is CC(Oc1ccc(Br)cc1)C(=O)NN=Cc1ccc(N(C)C)cc1. The van der Waals surface area contributed by atoms with Crippen LogP contribution >= 0.6 is 15.9 Å². The molecular formula is C18H20BrN3O2. The maximum atomic E-state index is 12.0. The molecule has 0 aliphatic rings. The molecule has 1 amide bonds. The van der Waals surface area contributed by atoms with E-state index in [4.69, 9.17) is 4.74 Å². The zero-order valence-corrected chi connectivity index (χ0v) is 15.4. The Morgan fingerprint density at radius 1 is 1.17 bits per heavy atom. The minimum atomic E-state index is -0.639. The summed E-state index contributed by atoms with van der Waals surface area (Å²) in [6, 6.07) is 15.2. The first-order valence-corrected chi connectivity index (χ1v) is 8.27. The lowest BCUT2D eigenvalue weighted by Crippen LogP contribution is -2.33. The van der Waals surface area contributed by atoms with E-state index in [9.17, 15) is 4.79 Å². The number of rotatable bonds is 6. The molecule has 1 N–H and O–H groups in total. The molecule has 2 aromatic carbocycles. The first-order chi connectivity index (χ1) is 11.5. The van der Waals surface area contributed by atoms with Gasteiger partial charge in [0.05, 0.1) is 6.21 Å². The van der Waals surface area contributed by atoms with Gasteiger partial charge in [-0.25, -0.2) is 5.43 Å². The summed E-state index contributed by atoms with van der Waals surface area (Å²) in [7, 11) is 3.96. The molecule has 0 radical (unpaired) electrons. The van der Waals surface area contributed by atoms with E-state index in [1.807, 2.05) is 55.4 Å². The molecule has 2 rings (SSSR count). The average Bonchev–Trinajstić information content (AvgIpc) is 2.57. The number of carbonyl (C=O) groups excluding carboxylic acids is 1. The zero-order chi connectivity index (χ0) is 17.5. The Balaban J connectivity index is 1.86. The maximum Gasteiger partial charge on any atom is 0.280 e. The zero-order valence-electron chi connectivity index (χ0n) is 13.9. The standard InChI is InChI=1S/C18H20BrN3O2/c1-13(24-17-10-6-15(19)7-11-17)18(23)21-20-12-14-4-8-16(9-5-14)22(2)3/h4-13H,1-3H3,(H,21,23). The first-order valence-electron chi connectivity index (χ1n) is 7.48. The Bertz CT molecular complexity index is 697. The average molecular weight is 390 g/mol. The van der Waals surface area contributed by atoms with Crippen LogP contribution in [0.25, 0.3) is 0 Å². The van der Waals surface area contributed by atoms with Gasteiger partial charge in [0.15, 0.2) is 6.10 Å². The Kier molecular flexibility index (Phi) is 6.37. The van der Waals surface area contributed by atoms with Crippen LogP contribution in [0, 0.1) is 0 Å². The molecule has 0 saturated carbocycles. The van der Waals surface area contributed by atoms with E-state index in [-0.39, 0.29) is 5.91 Å². The molecule has 6 heteroatoms. The highest BCUT2D eigenvalue weighted by Gasteiger charge is 2.13. The van der Waals surface area contributed by atoms with Crippen molar-refractivity contribution in [3.8, 4) is 5.75 Å². The molecule has 0 spiro atoms. The van der Waals surface area contributed by atoms with E-state index < -0.39 is 6.10 Å². The van der Waals surface area contributed by atoms with Gasteiger partial charge in [-0.15, -0.1) is 0 Å². The number of hydrogen-bond donors (Lipinski definition) is 1. The lowest BCUT2D eigenvalue weighted by molar-refractivity contribution is -0.127. The van der Waals surface area contributed by atoms with E-state index in [2.05, 4.69) is 26.5 Å². The van der Waals surface area contributed by atoms with Crippen molar-refractivity contribution in [3.63, 3.8) is 0 Å². The largest absolute Gasteiger partial charge is 0.481 e. The third kappa shape index (κ3) is 5.38. The topological polar surface area (TPSA) is 53.9 Å². The highest BCUT2D eigenvalue weighted by Crippen LogP contribution is 2.17. The maximum absolute atomic E-state index is 12.0. The summed E-state index contributed by atoms with van der Waals surface area (Å²) < 4.78 is 6.52. The van der Waals surface area contributed by atoms with E-state index in [1.54, 1.807) is 25.3 Å². The summed E-state index contributed by atoms with van der Waals surface area (Å²) in [5.74, 6) is 0.322. The molecule has 0 fully saturated rings. The van der Waals surface area contributed by atoms with Gasteiger partial charge in [0.1, 0.15) is 5.75 Å². The number of anilines is 1. The van der Waals surface area contributed by atoms with Gasteiger partial charge in [0.25, 0.3) is 5.91 Å². The van der Waals surface area contributed by atoms with Gasteiger partial charge in [-0.1, -0.05) is 28.1 Å². The first kappa shape index (κ1) is 18.0. The Hall–Kier alpha value is -2.34. The quantitative estimate of drug-likeness (QED) is 0.608. The van der Waals surface area contributed by atoms with Crippen LogP contribution in [0.5, 0.6) is 5.75 Å². The van der Waals surface area contributed by atoms with Crippen LogP contribution in [0.2, 0.25) is 0 Å². The van der Waals surface area contributed by atoms with Crippen molar-refractivity contribution in [3.05, 3.63) is 58.6 Å². The Morgan fingerprint density at radius 3 is 2.38 bits per heavy atom. The second-order valence-corrected chi connectivity index (χ2v) is 6.35. The van der Waals surface area contributed by atoms with Gasteiger partial charge in [0, 0.05) is 24.3 Å². The number of nitrogens with zero attached hydrogens (tertiary/aromatic N) is 2. The molecule has 5 nitrogen and oxygen atoms in total. The van der Waals surface area contributed by atoms with Crippen molar-refractivity contribution in [2.45, 2.75) is 13.0 Å². The van der Waals surface area contributed by atoms with Gasteiger partial charge >= 0.3 is 0 Å². The monoisotopic (exact) mass is 389 g/mol. The number of ether oxygens (including phenoxy) is 1. The van der Waals surface area contributed by atoms with Crippen molar-refractivity contribution in [1.29, 1.82) is 0 Å². The minimum absolute atomic E-state index is 0.306. The van der Waals surface area contributed by atoms with Gasteiger partial charge in [0.2, 0.25) is 0 Å². The van der Waals surface area contributed by atoms with Crippen LogP contribution in [0.15, 0.2) is 58.1 Å². The Labute approximate surface area is 150 Å². The predicted octanol–water partition coefficient (Wildman–Crippen LogP) is 3.43. The van der Waals surface area contributed by atoms with Crippen LogP contribution < -0.4 is 15.1 Å². The predicted molar refractivity (Wildman–Crippen MR) is 101 cm³/mol. The number of benzene rings is 2. The fraction of sp³-hybridized carbons (Fsp3) is 0.222. The van der Waals surface area contributed by atoms with Gasteiger partial charge in [-0.3, -0.25) is 4.79 Å². The van der Waals surface area contributed by atoms with Gasteiger partial charge in [-0.05, 0) is 48.9 Å². The summed E-state index contributed by atoms with van der Waals surface area (Å²) in [6.07, 6.45) is 0.961. The van der Waals surface area contributed by atoms with E-state index in [1.165, 1.54) is 0 Å². The fourth-order valence-corrected chi connectivity index (χ4v) is 2.16. The molecule has 0 heterocycles. The highest BCUT2D eigenvalue weighted by molar-refractivity contribution is 9.10. The molecule has 0 aliphatic heterocycles. The van der Waals surface area contributed by atoms with Crippen LogP contribution in [-0.2, 0) is 4.79 Å². The van der Waals surface area contributed by atoms with E-state index in [0.29, 0.717) is 5.75 Å². The Morgan fingerprint density at radius 2 is 1.79 bits per heavy atom. The molecule has 1 atom stereocenters. The highest BCUT2D eigenvalue weighted by atomic mass is 79.9. The fourth-order valence-electron chi connectivity index (χ4n) is 1.89. The number of amides is 1. The number of hydrogen-bond acceptors (Lipinski definition) is 4. The molecule has 126 valence electrons. The smallest absolute Gasteiger partial charge is 0.280 e. The van der Waals surface area contributed by atoms with Crippen molar-refractivity contribution in [2.75, 3.05) is 19.0 Å². The van der Waals surface area contributed by atoms with Crippen molar-refractivity contribution >= 4 is 33.7 Å². The van der Waals surface area contributed by atoms with Gasteiger partial charge in [-0.2, -0.15) is 5.10 Å². The summed E-state index contributed by atoms with van der Waals surface area (Å²) in [5, 5.41) is 3.97. The summed E-state index contributed by atoms with van der Waals surface area (Å²) in [4.78, 5) is 14.0. The normalized spacial score (nSPS) is 12.0. The molecule has 0 aliphatic carbocycles. The summed E-state index contributed by atoms with van der Waals surface area (Å²) >= 11 is 3.35. The van der Waals surface area contributed by atoms with Crippen LogP contribution in [0.1, 0.15) is 12.5 Å². The molecule has 0 saturated heterocycles.